The summed E-state index contributed by atoms with van der Waals surface area (Å²) in [6, 6.07) is 5.22. The van der Waals surface area contributed by atoms with Gasteiger partial charge in [0.2, 0.25) is 0 Å². The second-order valence-electron chi connectivity index (χ2n) is 6.82. The predicted molar refractivity (Wildman–Crippen MR) is 91.9 cm³/mol. The molecule has 1 aromatic heterocycles. The topological polar surface area (TPSA) is 55.2 Å². The molecule has 0 unspecified atom stereocenters. The smallest absolute Gasteiger partial charge is 0.165 e. The summed E-state index contributed by atoms with van der Waals surface area (Å²) < 4.78 is 21.1. The Bertz CT molecular complexity index is 739. The summed E-state index contributed by atoms with van der Waals surface area (Å²) in [5, 5.41) is 12.1. The Hall–Kier alpha value is -1.99. The minimum Gasteiger partial charge on any atom is -0.494 e. The fourth-order valence-electron chi connectivity index (χ4n) is 3.83. The van der Waals surface area contributed by atoms with Gasteiger partial charge in [-0.25, -0.2) is 4.39 Å². The third kappa shape index (κ3) is 3.39. The van der Waals surface area contributed by atoms with Gasteiger partial charge in [-0.2, -0.15) is 0 Å². The maximum atomic E-state index is 13.8. The Labute approximate surface area is 147 Å². The van der Waals surface area contributed by atoms with Gasteiger partial charge in [-0.05, 0) is 43.6 Å². The van der Waals surface area contributed by atoms with E-state index in [1.54, 1.807) is 12.1 Å². The highest BCUT2D eigenvalue weighted by molar-refractivity contribution is 5.29. The Morgan fingerprint density at radius 2 is 2.08 bits per heavy atom. The van der Waals surface area contributed by atoms with Crippen molar-refractivity contribution < 1.29 is 9.13 Å². The van der Waals surface area contributed by atoms with Crippen molar-refractivity contribution >= 4 is 0 Å². The summed E-state index contributed by atoms with van der Waals surface area (Å²) in [6.07, 6.45) is 2.15. The van der Waals surface area contributed by atoms with Gasteiger partial charge >= 0.3 is 0 Å². The van der Waals surface area contributed by atoms with Crippen LogP contribution < -0.4 is 10.1 Å². The van der Waals surface area contributed by atoms with Crippen molar-refractivity contribution in [3.8, 4) is 5.75 Å². The van der Waals surface area contributed by atoms with Crippen molar-refractivity contribution in [2.24, 2.45) is 0 Å². The predicted octanol–water partition coefficient (Wildman–Crippen LogP) is 1.91. The molecule has 0 amide bonds. The zero-order valence-electron chi connectivity index (χ0n) is 14.5. The van der Waals surface area contributed by atoms with E-state index >= 15 is 0 Å². The molecule has 6 nitrogen and oxygen atoms in total. The minimum absolute atomic E-state index is 0.293. The Kier molecular flexibility index (Phi) is 4.67. The monoisotopic (exact) mass is 345 g/mol. The van der Waals surface area contributed by atoms with Crippen LogP contribution in [0.15, 0.2) is 18.2 Å². The van der Waals surface area contributed by atoms with Gasteiger partial charge in [0.05, 0.1) is 13.7 Å². The number of halogens is 1. The van der Waals surface area contributed by atoms with Crippen molar-refractivity contribution in [2.45, 2.75) is 38.4 Å². The highest BCUT2D eigenvalue weighted by atomic mass is 19.1. The van der Waals surface area contributed by atoms with Crippen LogP contribution in [-0.2, 0) is 19.6 Å². The van der Waals surface area contributed by atoms with Gasteiger partial charge in [0.15, 0.2) is 11.6 Å². The molecule has 1 aromatic carbocycles. The second kappa shape index (κ2) is 7.09. The van der Waals surface area contributed by atoms with Crippen molar-refractivity contribution in [1.82, 2.24) is 25.0 Å². The van der Waals surface area contributed by atoms with Crippen LogP contribution >= 0.6 is 0 Å². The first-order valence-electron chi connectivity index (χ1n) is 8.92. The van der Waals surface area contributed by atoms with Gasteiger partial charge in [-0.15, -0.1) is 10.2 Å². The number of nitrogens with zero attached hydrogens (tertiary/aromatic N) is 4. The van der Waals surface area contributed by atoms with Crippen LogP contribution in [0.4, 0.5) is 4.39 Å². The van der Waals surface area contributed by atoms with E-state index in [1.807, 2.05) is 6.07 Å². The number of likely N-dealkylation sites (tertiary alicyclic amines) is 1. The van der Waals surface area contributed by atoms with Crippen LogP contribution in [0.3, 0.4) is 0 Å². The number of nitrogens with one attached hydrogen (secondary N) is 1. The quantitative estimate of drug-likeness (QED) is 0.917. The molecule has 1 fully saturated rings. The normalized spacial score (nSPS) is 19.0. The molecule has 0 atom stereocenters. The lowest BCUT2D eigenvalue weighted by Crippen LogP contribution is -2.34. The van der Waals surface area contributed by atoms with Gasteiger partial charge in [0, 0.05) is 25.6 Å². The van der Waals surface area contributed by atoms with E-state index in [2.05, 4.69) is 25.0 Å². The van der Waals surface area contributed by atoms with Crippen molar-refractivity contribution in [3.63, 3.8) is 0 Å². The Morgan fingerprint density at radius 1 is 1.24 bits per heavy atom. The van der Waals surface area contributed by atoms with Gasteiger partial charge < -0.3 is 14.6 Å². The number of ether oxygens (including phenoxy) is 1. The van der Waals surface area contributed by atoms with Crippen LogP contribution in [-0.4, -0.2) is 46.4 Å². The van der Waals surface area contributed by atoms with Gasteiger partial charge in [-0.1, -0.05) is 6.07 Å². The molecule has 1 saturated heterocycles. The van der Waals surface area contributed by atoms with Crippen molar-refractivity contribution in [1.29, 1.82) is 0 Å². The average molecular weight is 345 g/mol. The summed E-state index contributed by atoms with van der Waals surface area (Å²) >= 11 is 0. The largest absolute Gasteiger partial charge is 0.494 e. The lowest BCUT2D eigenvalue weighted by molar-refractivity contribution is 0.199. The molecule has 134 valence electrons. The number of rotatable bonds is 4. The maximum Gasteiger partial charge on any atom is 0.165 e. The maximum absolute atomic E-state index is 13.8. The number of aromatic nitrogens is 3. The highest BCUT2D eigenvalue weighted by Crippen LogP contribution is 2.29. The molecule has 4 rings (SSSR count). The third-order valence-electron chi connectivity index (χ3n) is 5.23. The van der Waals surface area contributed by atoms with E-state index in [-0.39, 0.29) is 5.82 Å². The van der Waals surface area contributed by atoms with Crippen molar-refractivity contribution in [2.75, 3.05) is 26.7 Å². The van der Waals surface area contributed by atoms with E-state index in [4.69, 9.17) is 4.74 Å². The van der Waals surface area contributed by atoms with Crippen LogP contribution in [0.1, 0.15) is 36.0 Å². The van der Waals surface area contributed by atoms with Gasteiger partial charge in [0.25, 0.3) is 0 Å². The Morgan fingerprint density at radius 3 is 2.84 bits per heavy atom. The van der Waals surface area contributed by atoms with Gasteiger partial charge in [0.1, 0.15) is 11.6 Å². The Balaban J connectivity index is 1.37. The first-order valence-corrected chi connectivity index (χ1v) is 8.92. The molecule has 0 aliphatic carbocycles. The molecular weight excluding hydrogens is 321 g/mol. The first-order chi connectivity index (χ1) is 12.2. The van der Waals surface area contributed by atoms with E-state index in [0.717, 1.165) is 69.3 Å². The molecule has 2 aromatic rings. The summed E-state index contributed by atoms with van der Waals surface area (Å²) in [5.41, 5.74) is 0.989. The number of hydrogen-bond acceptors (Lipinski definition) is 5. The highest BCUT2D eigenvalue weighted by Gasteiger charge is 2.27. The molecule has 1 N–H and O–H groups in total. The van der Waals surface area contributed by atoms with E-state index in [0.29, 0.717) is 11.7 Å². The zero-order valence-corrected chi connectivity index (χ0v) is 14.5. The molecule has 0 bridgehead atoms. The molecule has 2 aliphatic rings. The number of piperidine rings is 1. The standard InChI is InChI=1S/C18H24FN5O/c1-25-16-3-2-13(10-15(16)19)12-23-7-4-14(5-8-23)18-22-21-17-11-20-6-9-24(17)18/h2-3,10,14,20H,4-9,11-12H2,1H3. The number of fused-ring (bicyclic) bond motifs is 1. The summed E-state index contributed by atoms with van der Waals surface area (Å²) in [5.74, 6) is 2.68. The average Bonchev–Trinajstić information content (AvgIpc) is 3.07. The third-order valence-corrected chi connectivity index (χ3v) is 5.23. The lowest BCUT2D eigenvalue weighted by Gasteiger charge is -2.32. The molecule has 25 heavy (non-hydrogen) atoms. The van der Waals surface area contributed by atoms with Gasteiger partial charge in [-0.3, -0.25) is 4.90 Å². The molecule has 0 spiro atoms. The fourth-order valence-corrected chi connectivity index (χ4v) is 3.83. The summed E-state index contributed by atoms with van der Waals surface area (Å²) in [6.45, 7) is 5.53. The zero-order chi connectivity index (χ0) is 17.2. The molecule has 2 aliphatic heterocycles. The number of benzene rings is 1. The van der Waals surface area contributed by atoms with Crippen LogP contribution in [0.25, 0.3) is 0 Å². The van der Waals surface area contributed by atoms with Crippen LogP contribution in [0.2, 0.25) is 0 Å². The molecule has 7 heteroatoms. The van der Waals surface area contributed by atoms with Crippen LogP contribution in [0.5, 0.6) is 5.75 Å². The van der Waals surface area contributed by atoms with E-state index in [1.165, 1.54) is 7.11 Å². The van der Waals surface area contributed by atoms with E-state index < -0.39 is 0 Å². The SMILES string of the molecule is COc1ccc(CN2CCC(c3nnc4n3CCNC4)CC2)cc1F. The number of hydrogen-bond donors (Lipinski definition) is 1. The molecular formula is C18H24FN5O. The van der Waals surface area contributed by atoms with E-state index in [9.17, 15) is 4.39 Å². The summed E-state index contributed by atoms with van der Waals surface area (Å²) in [4.78, 5) is 2.38. The fraction of sp³-hybridized carbons (Fsp3) is 0.556. The summed E-state index contributed by atoms with van der Waals surface area (Å²) in [7, 11) is 1.49. The molecule has 0 saturated carbocycles. The first kappa shape index (κ1) is 16.5. The van der Waals surface area contributed by atoms with Crippen molar-refractivity contribution in [3.05, 3.63) is 41.2 Å². The molecule has 3 heterocycles. The van der Waals surface area contributed by atoms with Crippen LogP contribution in [0, 0.1) is 5.82 Å². The minimum atomic E-state index is -0.293. The number of methoxy groups -OCH3 is 1. The lowest BCUT2D eigenvalue weighted by atomic mass is 9.95. The second-order valence-corrected chi connectivity index (χ2v) is 6.82. The molecule has 0 radical (unpaired) electrons.